The summed E-state index contributed by atoms with van der Waals surface area (Å²) >= 11 is 6.89. The number of hydrogen-bond acceptors (Lipinski definition) is 7. The molecule has 0 aliphatic heterocycles. The molecule has 0 aliphatic rings. The van der Waals surface area contributed by atoms with Crippen LogP contribution in [0.2, 0.25) is 5.15 Å². The average molecular weight is 345 g/mol. The summed E-state index contributed by atoms with van der Waals surface area (Å²) in [4.78, 5) is 19.8. The summed E-state index contributed by atoms with van der Waals surface area (Å²) in [6.45, 7) is 0. The van der Waals surface area contributed by atoms with Crippen molar-refractivity contribution < 1.29 is 4.79 Å². The number of rotatable bonds is 4. The number of anilines is 2. The molecular weight excluding hydrogens is 336 g/mol. The molecule has 114 valence electrons. The van der Waals surface area contributed by atoms with Gasteiger partial charge in [-0.05, 0) is 18.2 Å². The highest BCUT2D eigenvalue weighted by Crippen LogP contribution is 2.24. The largest absolute Gasteiger partial charge is 0.383 e. The standard InChI is InChI=1S/C14H9ClN6OS/c15-12-10(2-1-3-19-12)20-11(22)7-23-14-9(6-17)4-8(5-16)13(18)21-14/h1-4H,7H2,(H2,18,21)(H,20,22). The van der Waals surface area contributed by atoms with Crippen molar-refractivity contribution in [3.8, 4) is 12.1 Å². The maximum absolute atomic E-state index is 11.9. The van der Waals surface area contributed by atoms with Crippen LogP contribution in [0.15, 0.2) is 29.4 Å². The first-order valence-corrected chi connectivity index (χ1v) is 7.55. The number of carbonyl (C=O) groups is 1. The normalized spacial score (nSPS) is 9.70. The third kappa shape index (κ3) is 4.10. The Morgan fingerprint density at radius 1 is 1.39 bits per heavy atom. The van der Waals surface area contributed by atoms with E-state index in [1.807, 2.05) is 12.1 Å². The van der Waals surface area contributed by atoms with Crippen LogP contribution in [0.1, 0.15) is 11.1 Å². The molecule has 7 nitrogen and oxygen atoms in total. The van der Waals surface area contributed by atoms with Gasteiger partial charge in [0, 0.05) is 6.20 Å². The van der Waals surface area contributed by atoms with Gasteiger partial charge in [0.2, 0.25) is 5.91 Å². The van der Waals surface area contributed by atoms with Gasteiger partial charge < -0.3 is 11.1 Å². The SMILES string of the molecule is N#Cc1cc(C#N)c(SCC(=O)Nc2cccnc2Cl)nc1N. The number of nitrogens with one attached hydrogen (secondary N) is 1. The number of carbonyl (C=O) groups excluding carboxylic acids is 1. The van der Waals surface area contributed by atoms with Gasteiger partial charge in [-0.3, -0.25) is 4.79 Å². The zero-order valence-corrected chi connectivity index (χ0v) is 13.1. The van der Waals surface area contributed by atoms with Crippen molar-refractivity contribution >= 4 is 40.8 Å². The number of pyridine rings is 2. The van der Waals surface area contributed by atoms with Crippen LogP contribution in [-0.2, 0) is 4.79 Å². The van der Waals surface area contributed by atoms with E-state index in [0.717, 1.165) is 11.8 Å². The van der Waals surface area contributed by atoms with E-state index in [4.69, 9.17) is 27.9 Å². The first kappa shape index (κ1) is 16.6. The van der Waals surface area contributed by atoms with Crippen LogP contribution >= 0.6 is 23.4 Å². The van der Waals surface area contributed by atoms with Crippen molar-refractivity contribution in [1.29, 1.82) is 10.5 Å². The lowest BCUT2D eigenvalue weighted by Crippen LogP contribution is -2.15. The van der Waals surface area contributed by atoms with E-state index in [1.54, 1.807) is 12.1 Å². The molecule has 1 amide bonds. The van der Waals surface area contributed by atoms with Crippen molar-refractivity contribution in [1.82, 2.24) is 9.97 Å². The molecule has 0 radical (unpaired) electrons. The first-order valence-electron chi connectivity index (χ1n) is 6.19. The molecule has 2 rings (SSSR count). The molecule has 0 spiro atoms. The maximum atomic E-state index is 11.9. The lowest BCUT2D eigenvalue weighted by Gasteiger charge is -2.07. The Balaban J connectivity index is 2.08. The summed E-state index contributed by atoms with van der Waals surface area (Å²) in [6.07, 6.45) is 1.51. The van der Waals surface area contributed by atoms with Crippen molar-refractivity contribution in [2.75, 3.05) is 16.8 Å². The molecule has 0 aliphatic carbocycles. The quantitative estimate of drug-likeness (QED) is 0.642. The van der Waals surface area contributed by atoms with Crippen molar-refractivity contribution in [3.05, 3.63) is 40.7 Å². The molecule has 0 saturated carbocycles. The minimum atomic E-state index is -0.335. The van der Waals surface area contributed by atoms with Crippen LogP contribution < -0.4 is 11.1 Å². The number of amides is 1. The predicted molar refractivity (Wildman–Crippen MR) is 86.7 cm³/mol. The molecule has 2 aromatic rings. The Hall–Kier alpha value is -2.81. The number of halogens is 1. The maximum Gasteiger partial charge on any atom is 0.234 e. The van der Waals surface area contributed by atoms with Gasteiger partial charge >= 0.3 is 0 Å². The van der Waals surface area contributed by atoms with Gasteiger partial charge in [0.1, 0.15) is 23.0 Å². The van der Waals surface area contributed by atoms with E-state index in [2.05, 4.69) is 15.3 Å². The van der Waals surface area contributed by atoms with Gasteiger partial charge in [0.15, 0.2) is 5.15 Å². The zero-order chi connectivity index (χ0) is 16.8. The van der Waals surface area contributed by atoms with Gasteiger partial charge in [-0.25, -0.2) is 9.97 Å². The average Bonchev–Trinajstić information content (AvgIpc) is 2.55. The Bertz CT molecular complexity index is 842. The summed E-state index contributed by atoms with van der Waals surface area (Å²) in [5.41, 5.74) is 6.33. The molecule has 9 heteroatoms. The van der Waals surface area contributed by atoms with Crippen molar-refractivity contribution in [2.24, 2.45) is 0 Å². The summed E-state index contributed by atoms with van der Waals surface area (Å²) in [5, 5.41) is 21.0. The number of nitrogens with zero attached hydrogens (tertiary/aromatic N) is 4. The lowest BCUT2D eigenvalue weighted by atomic mass is 10.2. The van der Waals surface area contributed by atoms with E-state index in [0.29, 0.717) is 5.69 Å². The minimum absolute atomic E-state index is 0.00174. The van der Waals surface area contributed by atoms with Gasteiger partial charge in [-0.1, -0.05) is 23.4 Å². The molecule has 0 fully saturated rings. The number of thioether (sulfide) groups is 1. The van der Waals surface area contributed by atoms with E-state index < -0.39 is 0 Å². The zero-order valence-electron chi connectivity index (χ0n) is 11.6. The summed E-state index contributed by atoms with van der Waals surface area (Å²) in [6, 6.07) is 8.39. The third-order valence-corrected chi connectivity index (χ3v) is 3.92. The molecule has 0 saturated heterocycles. The highest BCUT2D eigenvalue weighted by molar-refractivity contribution is 8.00. The van der Waals surface area contributed by atoms with E-state index in [9.17, 15) is 4.79 Å². The highest BCUT2D eigenvalue weighted by atomic mass is 35.5. The van der Waals surface area contributed by atoms with Crippen LogP contribution in [0.3, 0.4) is 0 Å². The molecular formula is C14H9ClN6OS. The molecule has 3 N–H and O–H groups in total. The van der Waals surface area contributed by atoms with Gasteiger partial charge in [-0.2, -0.15) is 10.5 Å². The van der Waals surface area contributed by atoms with E-state index >= 15 is 0 Å². The van der Waals surface area contributed by atoms with E-state index in [-0.39, 0.29) is 38.8 Å². The first-order chi connectivity index (χ1) is 11.0. The second kappa shape index (κ2) is 7.45. The minimum Gasteiger partial charge on any atom is -0.383 e. The predicted octanol–water partition coefficient (Wildman–Crippen LogP) is 2.19. The third-order valence-electron chi connectivity index (χ3n) is 2.63. The topological polar surface area (TPSA) is 128 Å². The number of nitriles is 2. The molecule has 0 bridgehead atoms. The van der Waals surface area contributed by atoms with Crippen LogP contribution in [0.5, 0.6) is 0 Å². The van der Waals surface area contributed by atoms with Crippen molar-refractivity contribution in [2.45, 2.75) is 5.03 Å². The molecule has 23 heavy (non-hydrogen) atoms. The van der Waals surface area contributed by atoms with Gasteiger partial charge in [0.05, 0.1) is 22.6 Å². The molecule has 2 aromatic heterocycles. The smallest absolute Gasteiger partial charge is 0.234 e. The van der Waals surface area contributed by atoms with Crippen LogP contribution in [0, 0.1) is 22.7 Å². The van der Waals surface area contributed by atoms with E-state index in [1.165, 1.54) is 12.3 Å². The Morgan fingerprint density at radius 3 is 2.78 bits per heavy atom. The van der Waals surface area contributed by atoms with Gasteiger partial charge in [0.25, 0.3) is 0 Å². The Morgan fingerprint density at radius 2 is 2.13 bits per heavy atom. The monoisotopic (exact) mass is 344 g/mol. The number of nitrogen functional groups attached to an aromatic ring is 1. The summed E-state index contributed by atoms with van der Waals surface area (Å²) in [7, 11) is 0. The number of aromatic nitrogens is 2. The molecule has 0 atom stereocenters. The summed E-state index contributed by atoms with van der Waals surface area (Å²) in [5.74, 6) is -0.318. The fraction of sp³-hybridized carbons (Fsp3) is 0.0714. The second-order valence-electron chi connectivity index (χ2n) is 4.18. The number of nitrogens with two attached hydrogens (primary N) is 1. The van der Waals surface area contributed by atoms with Crippen LogP contribution in [0.25, 0.3) is 0 Å². The second-order valence-corrected chi connectivity index (χ2v) is 5.50. The fourth-order valence-corrected chi connectivity index (χ4v) is 2.52. The lowest BCUT2D eigenvalue weighted by molar-refractivity contribution is -0.113. The molecule has 0 unspecified atom stereocenters. The Kier molecular flexibility index (Phi) is 5.36. The fourth-order valence-electron chi connectivity index (χ4n) is 1.59. The highest BCUT2D eigenvalue weighted by Gasteiger charge is 2.13. The van der Waals surface area contributed by atoms with Crippen molar-refractivity contribution in [3.63, 3.8) is 0 Å². The molecule has 2 heterocycles. The molecule has 0 aromatic carbocycles. The summed E-state index contributed by atoms with van der Waals surface area (Å²) < 4.78 is 0. The van der Waals surface area contributed by atoms with Crippen LogP contribution in [-0.4, -0.2) is 21.6 Å². The van der Waals surface area contributed by atoms with Crippen LogP contribution in [0.4, 0.5) is 11.5 Å². The number of hydrogen-bond donors (Lipinski definition) is 2. The Labute approximate surface area is 141 Å². The van der Waals surface area contributed by atoms with Gasteiger partial charge in [-0.15, -0.1) is 0 Å².